The van der Waals surface area contributed by atoms with E-state index < -0.39 is 17.9 Å². The first kappa shape index (κ1) is 13.0. The fourth-order valence-corrected chi connectivity index (χ4v) is 2.54. The summed E-state index contributed by atoms with van der Waals surface area (Å²) in [6.07, 6.45) is -6.99. The van der Waals surface area contributed by atoms with Gasteiger partial charge in [0.25, 0.3) is 0 Å². The van der Waals surface area contributed by atoms with E-state index in [1.165, 1.54) is 24.3 Å². The fraction of sp³-hybridized carbons (Fsp3) is 0.200. The highest BCUT2D eigenvalue weighted by Gasteiger charge is 2.61. The van der Waals surface area contributed by atoms with Crippen LogP contribution in [0.2, 0.25) is 0 Å². The molecule has 1 aliphatic rings. The average molecular weight is 280 g/mol. The molecule has 20 heavy (non-hydrogen) atoms. The molecule has 0 fully saturated rings. The van der Waals surface area contributed by atoms with Gasteiger partial charge in [0.05, 0.1) is 0 Å². The molecule has 0 amide bonds. The topological polar surface area (TPSA) is 29.5 Å². The predicted molar refractivity (Wildman–Crippen MR) is 66.4 cm³/mol. The number of halogens is 3. The van der Waals surface area contributed by atoms with Crippen LogP contribution in [0.15, 0.2) is 54.6 Å². The second kappa shape index (κ2) is 4.24. The minimum absolute atomic E-state index is 0.0566. The molecule has 1 aliphatic heterocycles. The molecule has 1 heterocycles. The number of hydrogen-bond acceptors (Lipinski definition) is 2. The van der Waals surface area contributed by atoms with E-state index in [-0.39, 0.29) is 16.9 Å². The van der Waals surface area contributed by atoms with Crippen molar-refractivity contribution in [1.29, 1.82) is 0 Å². The number of alkyl halides is 3. The van der Waals surface area contributed by atoms with Crippen LogP contribution in [-0.2, 0) is 5.60 Å². The van der Waals surface area contributed by atoms with E-state index in [1.807, 2.05) is 0 Å². The van der Waals surface area contributed by atoms with Crippen LogP contribution in [-0.4, -0.2) is 17.4 Å². The third-order valence-corrected chi connectivity index (χ3v) is 3.43. The Morgan fingerprint density at radius 1 is 0.950 bits per heavy atom. The highest BCUT2D eigenvalue weighted by molar-refractivity contribution is 5.50. The number of fused-ring (bicyclic) bond motifs is 1. The molecule has 5 heteroatoms. The van der Waals surface area contributed by atoms with Crippen molar-refractivity contribution in [3.05, 3.63) is 65.7 Å². The second-order valence-corrected chi connectivity index (χ2v) is 4.67. The molecule has 2 aromatic rings. The molecule has 3 rings (SSSR count). The third-order valence-electron chi connectivity index (χ3n) is 3.43. The molecular weight excluding hydrogens is 269 g/mol. The molecule has 2 atom stereocenters. The number of aliphatic hydroxyl groups is 1. The summed E-state index contributed by atoms with van der Waals surface area (Å²) in [4.78, 5) is 0. The number of ether oxygens (including phenoxy) is 1. The van der Waals surface area contributed by atoms with E-state index in [2.05, 4.69) is 0 Å². The van der Waals surface area contributed by atoms with Crippen molar-refractivity contribution in [2.75, 3.05) is 0 Å². The molecule has 104 valence electrons. The Morgan fingerprint density at radius 2 is 1.55 bits per heavy atom. The zero-order valence-electron chi connectivity index (χ0n) is 10.3. The third kappa shape index (κ3) is 1.78. The van der Waals surface area contributed by atoms with Gasteiger partial charge >= 0.3 is 6.18 Å². The van der Waals surface area contributed by atoms with Gasteiger partial charge < -0.3 is 9.84 Å². The maximum absolute atomic E-state index is 13.2. The molecule has 0 radical (unpaired) electrons. The summed E-state index contributed by atoms with van der Waals surface area (Å²) in [5.41, 5.74) is -1.93. The lowest BCUT2D eigenvalue weighted by atomic mass is 9.83. The number of hydrogen-bond donors (Lipinski definition) is 1. The lowest BCUT2D eigenvalue weighted by molar-refractivity contribution is -0.230. The van der Waals surface area contributed by atoms with E-state index in [0.717, 1.165) is 0 Å². The standard InChI is InChI=1S/C15H11F3O2/c16-15(17,18)13-14(19,10-6-2-1-3-7-10)11-8-4-5-9-12(11)20-13/h1-9,13,19H/t13-,14-/m1/s1. The minimum atomic E-state index is -4.68. The molecular formula is C15H11F3O2. The largest absolute Gasteiger partial charge is 0.477 e. The van der Waals surface area contributed by atoms with Crippen molar-refractivity contribution in [2.45, 2.75) is 17.9 Å². The van der Waals surface area contributed by atoms with Gasteiger partial charge in [-0.15, -0.1) is 0 Å². The highest BCUT2D eigenvalue weighted by Crippen LogP contribution is 2.50. The van der Waals surface area contributed by atoms with Crippen molar-refractivity contribution in [1.82, 2.24) is 0 Å². The van der Waals surface area contributed by atoms with E-state index in [9.17, 15) is 18.3 Å². The summed E-state index contributed by atoms with van der Waals surface area (Å²) < 4.78 is 44.6. The molecule has 2 nitrogen and oxygen atoms in total. The summed E-state index contributed by atoms with van der Waals surface area (Å²) in [7, 11) is 0. The Hall–Kier alpha value is -2.01. The lowest BCUT2D eigenvalue weighted by Crippen LogP contribution is -2.48. The van der Waals surface area contributed by atoms with E-state index in [0.29, 0.717) is 0 Å². The Kier molecular flexibility index (Phi) is 2.76. The zero-order chi connectivity index (χ0) is 14.4. The van der Waals surface area contributed by atoms with Crippen molar-refractivity contribution in [3.63, 3.8) is 0 Å². The van der Waals surface area contributed by atoms with Crippen LogP contribution in [0.5, 0.6) is 5.75 Å². The van der Waals surface area contributed by atoms with Gasteiger partial charge in [-0.3, -0.25) is 0 Å². The molecule has 2 aromatic carbocycles. The first-order valence-corrected chi connectivity index (χ1v) is 6.05. The molecule has 0 aliphatic carbocycles. The van der Waals surface area contributed by atoms with Crippen LogP contribution in [0.1, 0.15) is 11.1 Å². The van der Waals surface area contributed by atoms with Gasteiger partial charge in [-0.05, 0) is 11.6 Å². The molecule has 1 N–H and O–H groups in total. The first-order valence-electron chi connectivity index (χ1n) is 6.05. The Bertz CT molecular complexity index is 625. The Balaban J connectivity index is 2.22. The second-order valence-electron chi connectivity index (χ2n) is 4.67. The Labute approximate surface area is 113 Å². The van der Waals surface area contributed by atoms with E-state index in [1.54, 1.807) is 30.3 Å². The number of rotatable bonds is 1. The van der Waals surface area contributed by atoms with Crippen LogP contribution in [0.4, 0.5) is 13.2 Å². The van der Waals surface area contributed by atoms with Crippen LogP contribution >= 0.6 is 0 Å². The van der Waals surface area contributed by atoms with Gasteiger partial charge in [0.2, 0.25) is 6.10 Å². The highest BCUT2D eigenvalue weighted by atomic mass is 19.4. The summed E-state index contributed by atoms with van der Waals surface area (Å²) >= 11 is 0. The Morgan fingerprint density at radius 3 is 2.20 bits per heavy atom. The number of benzene rings is 2. The van der Waals surface area contributed by atoms with Crippen LogP contribution < -0.4 is 4.74 Å². The van der Waals surface area contributed by atoms with Crippen LogP contribution in [0.3, 0.4) is 0 Å². The molecule has 0 unspecified atom stereocenters. The molecule has 0 saturated carbocycles. The van der Waals surface area contributed by atoms with Crippen LogP contribution in [0, 0.1) is 0 Å². The zero-order valence-corrected chi connectivity index (χ0v) is 10.3. The maximum atomic E-state index is 13.2. The van der Waals surface area contributed by atoms with Gasteiger partial charge in [0, 0.05) is 5.56 Å². The van der Waals surface area contributed by atoms with Gasteiger partial charge in [-0.2, -0.15) is 13.2 Å². The van der Waals surface area contributed by atoms with Gasteiger partial charge in [0.15, 0.2) is 5.60 Å². The minimum Gasteiger partial charge on any atom is -0.477 e. The molecule has 0 bridgehead atoms. The first-order chi connectivity index (χ1) is 9.44. The summed E-state index contributed by atoms with van der Waals surface area (Å²) in [6, 6.07) is 13.8. The van der Waals surface area contributed by atoms with Gasteiger partial charge in [0.1, 0.15) is 5.75 Å². The SMILES string of the molecule is O[C@]1(c2ccccc2)c2ccccc2O[C@H]1C(F)(F)F. The molecule has 0 aromatic heterocycles. The van der Waals surface area contributed by atoms with Gasteiger partial charge in [-0.25, -0.2) is 0 Å². The monoisotopic (exact) mass is 280 g/mol. The van der Waals surface area contributed by atoms with Gasteiger partial charge in [-0.1, -0.05) is 48.5 Å². The number of para-hydroxylation sites is 1. The normalized spacial score (nSPS) is 25.1. The maximum Gasteiger partial charge on any atom is 0.429 e. The van der Waals surface area contributed by atoms with Crippen molar-refractivity contribution >= 4 is 0 Å². The fourth-order valence-electron chi connectivity index (χ4n) is 2.54. The van der Waals surface area contributed by atoms with Crippen LogP contribution in [0.25, 0.3) is 0 Å². The lowest BCUT2D eigenvalue weighted by Gasteiger charge is -2.30. The van der Waals surface area contributed by atoms with E-state index in [4.69, 9.17) is 4.74 Å². The van der Waals surface area contributed by atoms with Crippen molar-refractivity contribution in [3.8, 4) is 5.75 Å². The van der Waals surface area contributed by atoms with Crippen molar-refractivity contribution < 1.29 is 23.0 Å². The quantitative estimate of drug-likeness (QED) is 0.869. The summed E-state index contributed by atoms with van der Waals surface area (Å²) in [5, 5.41) is 10.8. The summed E-state index contributed by atoms with van der Waals surface area (Å²) in [6.45, 7) is 0. The predicted octanol–water partition coefficient (Wildman–Crippen LogP) is 3.25. The molecule has 0 saturated heterocycles. The van der Waals surface area contributed by atoms with E-state index >= 15 is 0 Å². The smallest absolute Gasteiger partial charge is 0.429 e. The summed E-state index contributed by atoms with van der Waals surface area (Å²) in [5.74, 6) is 0.0566. The molecule has 0 spiro atoms. The van der Waals surface area contributed by atoms with Crippen molar-refractivity contribution in [2.24, 2.45) is 0 Å². The average Bonchev–Trinajstić information content (AvgIpc) is 2.75.